The van der Waals surface area contributed by atoms with Crippen LogP contribution in [-0.2, 0) is 16.1 Å². The van der Waals surface area contributed by atoms with E-state index in [4.69, 9.17) is 14.6 Å². The van der Waals surface area contributed by atoms with Crippen molar-refractivity contribution in [2.45, 2.75) is 20.4 Å². The second-order valence-electron chi connectivity index (χ2n) is 5.59. The number of carbonyl (C=O) groups is 2. The van der Waals surface area contributed by atoms with Crippen LogP contribution in [0.3, 0.4) is 0 Å². The van der Waals surface area contributed by atoms with Gasteiger partial charge in [-0.05, 0) is 24.0 Å². The summed E-state index contributed by atoms with van der Waals surface area (Å²) in [6, 6.07) is 4.86. The van der Waals surface area contributed by atoms with Crippen LogP contribution in [0.2, 0.25) is 0 Å². The molecule has 0 radical (unpaired) electrons. The van der Waals surface area contributed by atoms with Gasteiger partial charge in [0.25, 0.3) is 5.91 Å². The summed E-state index contributed by atoms with van der Waals surface area (Å²) >= 11 is 0. The number of para-hydroxylation sites is 1. The number of hydrazone groups is 1. The number of nitrogens with zero attached hydrogens (tertiary/aromatic N) is 4. The Bertz CT molecular complexity index is 938. The van der Waals surface area contributed by atoms with Gasteiger partial charge < -0.3 is 24.7 Å². The molecule has 2 rings (SSSR count). The molecule has 0 aliphatic rings. The SMILES string of the molecule is CCOc1cccc(/C=N\NC(=O)Cn2c([N+](=O)[O-])cnc2C)c1OCC(=O)O. The van der Waals surface area contributed by atoms with E-state index in [0.717, 1.165) is 10.8 Å². The Kier molecular flexibility index (Phi) is 7.23. The van der Waals surface area contributed by atoms with Crippen molar-refractivity contribution < 1.29 is 29.1 Å². The van der Waals surface area contributed by atoms with Gasteiger partial charge in [0, 0.05) is 12.5 Å². The van der Waals surface area contributed by atoms with Crippen molar-refractivity contribution >= 4 is 23.9 Å². The van der Waals surface area contributed by atoms with Crippen LogP contribution in [0.15, 0.2) is 29.5 Å². The molecule has 1 aromatic heterocycles. The number of hydrogen-bond acceptors (Lipinski definition) is 8. The van der Waals surface area contributed by atoms with Crippen molar-refractivity contribution in [1.82, 2.24) is 15.0 Å². The van der Waals surface area contributed by atoms with Crippen molar-refractivity contribution in [3.63, 3.8) is 0 Å². The molecule has 1 aromatic carbocycles. The van der Waals surface area contributed by atoms with E-state index in [1.54, 1.807) is 25.1 Å². The van der Waals surface area contributed by atoms with Gasteiger partial charge in [0.1, 0.15) is 6.20 Å². The zero-order chi connectivity index (χ0) is 21.4. The Labute approximate surface area is 164 Å². The summed E-state index contributed by atoms with van der Waals surface area (Å²) in [4.78, 5) is 37.0. The van der Waals surface area contributed by atoms with E-state index >= 15 is 0 Å². The van der Waals surface area contributed by atoms with E-state index < -0.39 is 23.4 Å². The number of nitrogens with one attached hydrogen (secondary N) is 1. The van der Waals surface area contributed by atoms with Gasteiger partial charge in [-0.1, -0.05) is 6.07 Å². The number of imidazole rings is 1. The zero-order valence-electron chi connectivity index (χ0n) is 15.7. The fraction of sp³-hybridized carbons (Fsp3) is 0.294. The molecule has 0 saturated carbocycles. The van der Waals surface area contributed by atoms with Gasteiger partial charge in [0.2, 0.25) is 0 Å². The number of benzene rings is 1. The molecule has 1 heterocycles. The molecule has 0 atom stereocenters. The number of carbonyl (C=O) groups excluding carboxylic acids is 1. The lowest BCUT2D eigenvalue weighted by Gasteiger charge is -2.12. The smallest absolute Gasteiger partial charge is 0.343 e. The standard InChI is InChI=1S/C17H19N5O7/c1-3-28-13-6-4-5-12(17(13)29-10-16(24)25)7-19-20-14(23)9-21-11(2)18-8-15(21)22(26)27/h4-8H,3,9-10H2,1-2H3,(H,20,23)(H,24,25)/b19-7-. The number of ether oxygens (including phenoxy) is 2. The minimum absolute atomic E-state index is 0.163. The fourth-order valence-electron chi connectivity index (χ4n) is 2.34. The highest BCUT2D eigenvalue weighted by atomic mass is 16.6. The van der Waals surface area contributed by atoms with E-state index in [2.05, 4.69) is 15.5 Å². The number of nitro groups is 1. The molecular weight excluding hydrogens is 386 g/mol. The first kappa shape index (κ1) is 21.3. The van der Waals surface area contributed by atoms with Crippen LogP contribution in [0.25, 0.3) is 0 Å². The molecule has 154 valence electrons. The molecule has 2 N–H and O–H groups in total. The zero-order valence-corrected chi connectivity index (χ0v) is 15.7. The van der Waals surface area contributed by atoms with Crippen LogP contribution in [0.1, 0.15) is 18.3 Å². The van der Waals surface area contributed by atoms with Gasteiger partial charge >= 0.3 is 11.8 Å². The van der Waals surface area contributed by atoms with Gasteiger partial charge in [0.15, 0.2) is 30.5 Å². The number of carboxylic acids is 1. The molecule has 0 fully saturated rings. The largest absolute Gasteiger partial charge is 0.490 e. The average molecular weight is 405 g/mol. The van der Waals surface area contributed by atoms with Gasteiger partial charge in [-0.2, -0.15) is 5.10 Å². The number of carboxylic acid groups (broad SMARTS) is 1. The number of aryl methyl sites for hydroxylation is 1. The molecule has 29 heavy (non-hydrogen) atoms. The highest BCUT2D eigenvalue weighted by molar-refractivity contribution is 5.86. The molecule has 0 spiro atoms. The Hall–Kier alpha value is -3.96. The molecule has 1 amide bonds. The molecular formula is C17H19N5O7. The second-order valence-corrected chi connectivity index (χ2v) is 5.59. The summed E-state index contributed by atoms with van der Waals surface area (Å²) < 4.78 is 11.8. The monoisotopic (exact) mass is 405 g/mol. The summed E-state index contributed by atoms with van der Waals surface area (Å²) in [5, 5.41) is 23.6. The van der Waals surface area contributed by atoms with E-state index in [9.17, 15) is 19.7 Å². The molecule has 0 bridgehead atoms. The molecule has 0 saturated heterocycles. The number of hydrogen-bond donors (Lipinski definition) is 2. The first-order chi connectivity index (χ1) is 13.8. The maximum Gasteiger partial charge on any atom is 0.343 e. The predicted molar refractivity (Wildman–Crippen MR) is 100 cm³/mol. The lowest BCUT2D eigenvalue weighted by Crippen LogP contribution is -2.24. The van der Waals surface area contributed by atoms with Crippen molar-refractivity contribution in [1.29, 1.82) is 0 Å². The summed E-state index contributed by atoms with van der Waals surface area (Å²) in [5.74, 6) is -1.28. The molecule has 2 aromatic rings. The van der Waals surface area contributed by atoms with Crippen LogP contribution in [0, 0.1) is 17.0 Å². The Balaban J connectivity index is 2.12. The van der Waals surface area contributed by atoms with Crippen LogP contribution >= 0.6 is 0 Å². The van der Waals surface area contributed by atoms with Gasteiger partial charge in [-0.3, -0.25) is 4.79 Å². The Morgan fingerprint density at radius 3 is 2.83 bits per heavy atom. The first-order valence-corrected chi connectivity index (χ1v) is 8.42. The van der Waals surface area contributed by atoms with Gasteiger partial charge in [-0.25, -0.2) is 19.8 Å². The maximum absolute atomic E-state index is 12.1. The van der Waals surface area contributed by atoms with Gasteiger partial charge in [0.05, 0.1) is 12.8 Å². The molecule has 0 aliphatic heterocycles. The summed E-state index contributed by atoms with van der Waals surface area (Å²) in [5.41, 5.74) is 2.63. The number of rotatable bonds is 10. The lowest BCUT2D eigenvalue weighted by atomic mass is 10.2. The minimum Gasteiger partial charge on any atom is -0.490 e. The predicted octanol–water partition coefficient (Wildman–Crippen LogP) is 1.11. The number of aromatic nitrogens is 2. The highest BCUT2D eigenvalue weighted by Gasteiger charge is 2.20. The number of amides is 1. The van der Waals surface area contributed by atoms with Crippen molar-refractivity contribution in [2.75, 3.05) is 13.2 Å². The van der Waals surface area contributed by atoms with E-state index in [-0.39, 0.29) is 18.1 Å². The summed E-state index contributed by atoms with van der Waals surface area (Å²) in [7, 11) is 0. The summed E-state index contributed by atoms with van der Waals surface area (Å²) in [6.07, 6.45) is 2.32. The third kappa shape index (κ3) is 5.76. The topological polar surface area (TPSA) is 158 Å². The molecule has 12 nitrogen and oxygen atoms in total. The first-order valence-electron chi connectivity index (χ1n) is 8.42. The van der Waals surface area contributed by atoms with Crippen LogP contribution in [-0.4, -0.2) is 50.9 Å². The third-order valence-electron chi connectivity index (χ3n) is 3.56. The van der Waals surface area contributed by atoms with Crippen molar-refractivity contribution in [3.05, 3.63) is 45.9 Å². The number of aliphatic carboxylic acids is 1. The average Bonchev–Trinajstić information content (AvgIpc) is 3.02. The van der Waals surface area contributed by atoms with E-state index in [1.807, 2.05) is 0 Å². The fourth-order valence-corrected chi connectivity index (χ4v) is 2.34. The quantitative estimate of drug-likeness (QED) is 0.338. The third-order valence-corrected chi connectivity index (χ3v) is 3.56. The van der Waals surface area contributed by atoms with Gasteiger partial charge in [-0.15, -0.1) is 0 Å². The van der Waals surface area contributed by atoms with E-state index in [0.29, 0.717) is 23.7 Å². The van der Waals surface area contributed by atoms with Crippen LogP contribution in [0.5, 0.6) is 11.5 Å². The second kappa shape index (κ2) is 9.82. The lowest BCUT2D eigenvalue weighted by molar-refractivity contribution is -0.392. The van der Waals surface area contributed by atoms with Crippen molar-refractivity contribution in [3.8, 4) is 11.5 Å². The maximum atomic E-state index is 12.1. The molecule has 0 aliphatic carbocycles. The Morgan fingerprint density at radius 2 is 2.17 bits per heavy atom. The van der Waals surface area contributed by atoms with Crippen LogP contribution in [0.4, 0.5) is 5.82 Å². The summed E-state index contributed by atoms with van der Waals surface area (Å²) in [6.45, 7) is 2.71. The minimum atomic E-state index is -1.16. The molecule has 0 unspecified atom stereocenters. The van der Waals surface area contributed by atoms with E-state index in [1.165, 1.54) is 13.1 Å². The highest BCUT2D eigenvalue weighted by Crippen LogP contribution is 2.30. The van der Waals surface area contributed by atoms with Crippen molar-refractivity contribution in [2.24, 2.45) is 5.10 Å². The molecule has 12 heteroatoms. The Morgan fingerprint density at radius 1 is 1.41 bits per heavy atom. The van der Waals surface area contributed by atoms with Crippen LogP contribution < -0.4 is 14.9 Å². The normalized spacial score (nSPS) is 10.7.